The highest BCUT2D eigenvalue weighted by Crippen LogP contribution is 2.09. The van der Waals surface area contributed by atoms with Gasteiger partial charge in [0.05, 0.1) is 0 Å². The van der Waals surface area contributed by atoms with Crippen molar-refractivity contribution in [3.8, 4) is 0 Å². The Morgan fingerprint density at radius 1 is 1.20 bits per heavy atom. The fourth-order valence-corrected chi connectivity index (χ4v) is 1.28. The Bertz CT molecular complexity index is 202. The van der Waals surface area contributed by atoms with E-state index in [0.717, 1.165) is 19.3 Å². The Kier molecular flexibility index (Phi) is 7.68. The molecule has 4 heteroatoms. The first-order valence-electron chi connectivity index (χ1n) is 5.51. The lowest BCUT2D eigenvalue weighted by Crippen LogP contribution is -2.28. The summed E-state index contributed by atoms with van der Waals surface area (Å²) in [6, 6.07) is 0. The summed E-state index contributed by atoms with van der Waals surface area (Å²) in [5.74, 6) is -0.448. The number of rotatable bonds is 8. The van der Waals surface area contributed by atoms with Crippen molar-refractivity contribution in [3.05, 3.63) is 0 Å². The van der Waals surface area contributed by atoms with Crippen molar-refractivity contribution in [1.29, 1.82) is 0 Å². The summed E-state index contributed by atoms with van der Waals surface area (Å²) in [6.45, 7) is 4.09. The first-order chi connectivity index (χ1) is 7.02. The average molecular weight is 215 g/mol. The molecule has 0 aromatic heterocycles. The standard InChI is InChI=1S/C11H21NO3/c1-9(2)6-4-3-5-7-10(13)12-8-11(14)15/h9H,3-8H2,1-2H3,(H,12,13)(H,14,15). The van der Waals surface area contributed by atoms with Crippen LogP contribution in [0.1, 0.15) is 46.0 Å². The van der Waals surface area contributed by atoms with Crippen molar-refractivity contribution in [2.24, 2.45) is 5.92 Å². The molecule has 2 N–H and O–H groups in total. The van der Waals surface area contributed by atoms with Crippen molar-refractivity contribution in [2.75, 3.05) is 6.54 Å². The molecule has 0 aliphatic heterocycles. The number of carboxylic acid groups (broad SMARTS) is 1. The van der Waals surface area contributed by atoms with Crippen LogP contribution in [0.3, 0.4) is 0 Å². The van der Waals surface area contributed by atoms with Gasteiger partial charge in [-0.2, -0.15) is 0 Å². The second-order valence-electron chi connectivity index (χ2n) is 4.16. The number of unbranched alkanes of at least 4 members (excludes halogenated alkanes) is 2. The quantitative estimate of drug-likeness (QED) is 0.607. The summed E-state index contributed by atoms with van der Waals surface area (Å²) < 4.78 is 0. The molecule has 0 aliphatic carbocycles. The summed E-state index contributed by atoms with van der Waals surface area (Å²) in [5.41, 5.74) is 0. The molecular weight excluding hydrogens is 194 g/mol. The zero-order valence-electron chi connectivity index (χ0n) is 9.58. The summed E-state index contributed by atoms with van der Waals surface area (Å²) in [7, 11) is 0. The summed E-state index contributed by atoms with van der Waals surface area (Å²) in [5, 5.41) is 10.7. The third kappa shape index (κ3) is 10.9. The van der Waals surface area contributed by atoms with E-state index in [1.807, 2.05) is 0 Å². The SMILES string of the molecule is CC(C)CCCCCC(=O)NCC(=O)O. The van der Waals surface area contributed by atoms with Gasteiger partial charge in [-0.3, -0.25) is 9.59 Å². The van der Waals surface area contributed by atoms with Gasteiger partial charge in [0.15, 0.2) is 0 Å². The lowest BCUT2D eigenvalue weighted by atomic mass is 10.0. The van der Waals surface area contributed by atoms with E-state index in [1.54, 1.807) is 0 Å². The maximum atomic E-state index is 11.1. The van der Waals surface area contributed by atoms with E-state index >= 15 is 0 Å². The van der Waals surface area contributed by atoms with Crippen molar-refractivity contribution < 1.29 is 14.7 Å². The Morgan fingerprint density at radius 2 is 1.87 bits per heavy atom. The van der Waals surface area contributed by atoms with Gasteiger partial charge in [0.2, 0.25) is 5.91 Å². The van der Waals surface area contributed by atoms with Crippen LogP contribution < -0.4 is 5.32 Å². The van der Waals surface area contributed by atoms with E-state index in [-0.39, 0.29) is 12.5 Å². The maximum Gasteiger partial charge on any atom is 0.322 e. The Hall–Kier alpha value is -1.06. The van der Waals surface area contributed by atoms with Crippen molar-refractivity contribution in [2.45, 2.75) is 46.0 Å². The maximum absolute atomic E-state index is 11.1. The smallest absolute Gasteiger partial charge is 0.322 e. The highest BCUT2D eigenvalue weighted by atomic mass is 16.4. The predicted octanol–water partition coefficient (Wildman–Crippen LogP) is 1.79. The first-order valence-corrected chi connectivity index (χ1v) is 5.51. The average Bonchev–Trinajstić information content (AvgIpc) is 2.13. The van der Waals surface area contributed by atoms with Gasteiger partial charge in [-0.25, -0.2) is 0 Å². The number of amides is 1. The minimum Gasteiger partial charge on any atom is -0.480 e. The third-order valence-corrected chi connectivity index (χ3v) is 2.12. The Balaban J connectivity index is 3.28. The van der Waals surface area contributed by atoms with Gasteiger partial charge >= 0.3 is 5.97 Å². The van der Waals surface area contributed by atoms with Crippen LogP contribution in [0.15, 0.2) is 0 Å². The van der Waals surface area contributed by atoms with E-state index in [9.17, 15) is 9.59 Å². The number of nitrogens with one attached hydrogen (secondary N) is 1. The number of carbonyl (C=O) groups excluding carboxylic acids is 1. The number of aliphatic carboxylic acids is 1. The summed E-state index contributed by atoms with van der Waals surface area (Å²) in [4.78, 5) is 21.2. The van der Waals surface area contributed by atoms with Crippen LogP contribution in [0, 0.1) is 5.92 Å². The Morgan fingerprint density at radius 3 is 2.40 bits per heavy atom. The second-order valence-corrected chi connectivity index (χ2v) is 4.16. The van der Waals surface area contributed by atoms with Gasteiger partial charge in [0, 0.05) is 6.42 Å². The molecule has 0 fully saturated rings. The highest BCUT2D eigenvalue weighted by Gasteiger charge is 2.03. The Labute approximate surface area is 91.1 Å². The van der Waals surface area contributed by atoms with E-state index < -0.39 is 5.97 Å². The van der Waals surface area contributed by atoms with Gasteiger partial charge in [-0.1, -0.05) is 33.1 Å². The molecule has 0 aromatic carbocycles. The fraction of sp³-hybridized carbons (Fsp3) is 0.818. The zero-order valence-corrected chi connectivity index (χ0v) is 9.58. The molecule has 0 radical (unpaired) electrons. The fourth-order valence-electron chi connectivity index (χ4n) is 1.28. The number of hydrogen-bond acceptors (Lipinski definition) is 2. The third-order valence-electron chi connectivity index (χ3n) is 2.12. The van der Waals surface area contributed by atoms with Crippen LogP contribution in [0.5, 0.6) is 0 Å². The summed E-state index contributed by atoms with van der Waals surface area (Å²) in [6.07, 6.45) is 4.66. The molecule has 0 spiro atoms. The van der Waals surface area contributed by atoms with Gasteiger partial charge in [0.1, 0.15) is 6.54 Å². The lowest BCUT2D eigenvalue weighted by Gasteiger charge is -2.04. The van der Waals surface area contributed by atoms with Crippen LogP contribution in [0.25, 0.3) is 0 Å². The topological polar surface area (TPSA) is 66.4 Å². The van der Waals surface area contributed by atoms with Crippen molar-refractivity contribution in [1.82, 2.24) is 5.32 Å². The molecule has 0 bridgehead atoms. The minimum absolute atomic E-state index is 0.165. The lowest BCUT2D eigenvalue weighted by molar-refractivity contribution is -0.137. The predicted molar refractivity (Wildman–Crippen MR) is 58.6 cm³/mol. The van der Waals surface area contributed by atoms with Gasteiger partial charge in [0.25, 0.3) is 0 Å². The molecule has 0 heterocycles. The van der Waals surface area contributed by atoms with Crippen LogP contribution in [-0.2, 0) is 9.59 Å². The van der Waals surface area contributed by atoms with Gasteiger partial charge in [-0.05, 0) is 12.3 Å². The molecule has 0 aliphatic rings. The van der Waals surface area contributed by atoms with Crippen molar-refractivity contribution in [3.63, 3.8) is 0 Å². The summed E-state index contributed by atoms with van der Waals surface area (Å²) >= 11 is 0. The molecule has 0 aromatic rings. The van der Waals surface area contributed by atoms with Gasteiger partial charge in [-0.15, -0.1) is 0 Å². The molecule has 0 saturated heterocycles. The molecule has 4 nitrogen and oxygen atoms in total. The van der Waals surface area contributed by atoms with Crippen LogP contribution >= 0.6 is 0 Å². The van der Waals surface area contributed by atoms with E-state index in [0.29, 0.717) is 12.3 Å². The largest absolute Gasteiger partial charge is 0.480 e. The van der Waals surface area contributed by atoms with Crippen LogP contribution in [0.4, 0.5) is 0 Å². The molecule has 0 unspecified atom stereocenters. The molecule has 0 rings (SSSR count). The number of carboxylic acids is 1. The van der Waals surface area contributed by atoms with Crippen LogP contribution in [-0.4, -0.2) is 23.5 Å². The number of carbonyl (C=O) groups is 2. The molecular formula is C11H21NO3. The molecule has 88 valence electrons. The van der Waals surface area contributed by atoms with E-state index in [1.165, 1.54) is 6.42 Å². The number of hydrogen-bond donors (Lipinski definition) is 2. The zero-order chi connectivity index (χ0) is 11.7. The molecule has 0 atom stereocenters. The molecule has 15 heavy (non-hydrogen) atoms. The minimum atomic E-state index is -0.997. The highest BCUT2D eigenvalue weighted by molar-refractivity contribution is 5.80. The first kappa shape index (κ1) is 13.9. The van der Waals surface area contributed by atoms with E-state index in [2.05, 4.69) is 19.2 Å². The monoisotopic (exact) mass is 215 g/mol. The van der Waals surface area contributed by atoms with Crippen molar-refractivity contribution >= 4 is 11.9 Å². The van der Waals surface area contributed by atoms with E-state index in [4.69, 9.17) is 5.11 Å². The normalized spacial score (nSPS) is 10.3. The molecule has 0 saturated carbocycles. The second kappa shape index (κ2) is 8.26. The molecule has 1 amide bonds. The van der Waals surface area contributed by atoms with Gasteiger partial charge < -0.3 is 10.4 Å². The van der Waals surface area contributed by atoms with Crippen LogP contribution in [0.2, 0.25) is 0 Å².